The highest BCUT2D eigenvalue weighted by Gasteiger charge is 2.14. The topological polar surface area (TPSA) is 102 Å². The van der Waals surface area contributed by atoms with Gasteiger partial charge in [-0.1, -0.05) is 0 Å². The van der Waals surface area contributed by atoms with E-state index in [-0.39, 0.29) is 24.7 Å². The van der Waals surface area contributed by atoms with Crippen molar-refractivity contribution in [1.82, 2.24) is 10.2 Å². The molecule has 1 N–H and O–H groups in total. The Hall–Kier alpha value is -2.90. The van der Waals surface area contributed by atoms with Gasteiger partial charge in [-0.3, -0.25) is 19.2 Å². The molecule has 0 fully saturated rings. The van der Waals surface area contributed by atoms with E-state index in [4.69, 9.17) is 9.47 Å². The molecule has 136 valence electrons. The minimum absolute atomic E-state index is 0.137. The van der Waals surface area contributed by atoms with Crippen molar-refractivity contribution in [2.24, 2.45) is 0 Å². The van der Waals surface area contributed by atoms with Crippen molar-refractivity contribution in [2.45, 2.75) is 13.3 Å². The normalized spacial score (nSPS) is 9.92. The number of ketones is 1. The van der Waals surface area contributed by atoms with Crippen molar-refractivity contribution in [3.8, 4) is 5.75 Å². The van der Waals surface area contributed by atoms with Crippen LogP contribution in [-0.4, -0.2) is 62.8 Å². The summed E-state index contributed by atoms with van der Waals surface area (Å²) in [5.74, 6) is -1.18. The van der Waals surface area contributed by atoms with E-state index in [1.807, 2.05) is 0 Å². The van der Waals surface area contributed by atoms with Crippen molar-refractivity contribution < 1.29 is 28.7 Å². The number of methoxy groups -OCH3 is 1. The lowest BCUT2D eigenvalue weighted by atomic mass is 10.0. The van der Waals surface area contributed by atoms with Gasteiger partial charge < -0.3 is 19.7 Å². The molecule has 2 amide bonds. The summed E-state index contributed by atoms with van der Waals surface area (Å²) in [6, 6.07) is 4.75. The molecule has 0 radical (unpaired) electrons. The molecule has 1 aromatic rings. The highest BCUT2D eigenvalue weighted by molar-refractivity contribution is 5.94. The molecule has 0 spiro atoms. The highest BCUT2D eigenvalue weighted by atomic mass is 16.5. The Balaban J connectivity index is 2.56. The van der Waals surface area contributed by atoms with Crippen LogP contribution in [0.5, 0.6) is 5.75 Å². The van der Waals surface area contributed by atoms with Gasteiger partial charge in [0.1, 0.15) is 5.75 Å². The average molecular weight is 350 g/mol. The number of nitrogens with one attached hydrogen (secondary N) is 1. The Morgan fingerprint density at radius 1 is 1.16 bits per heavy atom. The lowest BCUT2D eigenvalue weighted by molar-refractivity contribution is -0.148. The predicted octanol–water partition coefficient (Wildman–Crippen LogP) is 0.188. The quantitative estimate of drug-likeness (QED) is 0.530. The Labute approximate surface area is 146 Å². The van der Waals surface area contributed by atoms with Crippen LogP contribution in [-0.2, 0) is 25.5 Å². The Kier molecular flexibility index (Phi) is 7.58. The molecule has 1 aromatic carbocycles. The smallest absolute Gasteiger partial charge is 0.310 e. The molecule has 1 rings (SSSR count). The number of carbonyl (C=O) groups is 4. The van der Waals surface area contributed by atoms with Crippen LogP contribution in [0.4, 0.5) is 0 Å². The number of nitrogens with zero attached hydrogens (tertiary/aromatic N) is 1. The van der Waals surface area contributed by atoms with E-state index in [0.717, 1.165) is 0 Å². The molecule has 0 aliphatic heterocycles. The van der Waals surface area contributed by atoms with Gasteiger partial charge in [0.2, 0.25) is 5.91 Å². The molecule has 0 heterocycles. The number of hydrogen-bond acceptors (Lipinski definition) is 6. The van der Waals surface area contributed by atoms with Gasteiger partial charge in [-0.05, 0) is 25.1 Å². The number of esters is 1. The predicted molar refractivity (Wildman–Crippen MR) is 89.4 cm³/mol. The fraction of sp³-hybridized carbons (Fsp3) is 0.412. The third-order valence-electron chi connectivity index (χ3n) is 3.32. The molecule has 0 atom stereocenters. The van der Waals surface area contributed by atoms with E-state index in [1.165, 1.54) is 18.9 Å². The monoisotopic (exact) mass is 350 g/mol. The summed E-state index contributed by atoms with van der Waals surface area (Å²) < 4.78 is 10.0. The number of Topliss-reactive ketones (excluding diaryl/α,β-unsaturated/α-hetero) is 1. The summed E-state index contributed by atoms with van der Waals surface area (Å²) in [5, 5.41) is 2.35. The van der Waals surface area contributed by atoms with Gasteiger partial charge in [0.05, 0.1) is 20.1 Å². The van der Waals surface area contributed by atoms with E-state index in [1.54, 1.807) is 32.3 Å². The van der Waals surface area contributed by atoms with Crippen molar-refractivity contribution in [2.75, 3.05) is 34.4 Å². The molecule has 0 aromatic heterocycles. The maximum atomic E-state index is 11.9. The Morgan fingerprint density at radius 3 is 2.40 bits per heavy atom. The maximum Gasteiger partial charge on any atom is 0.310 e. The molecule has 8 heteroatoms. The van der Waals surface area contributed by atoms with Crippen LogP contribution in [0, 0.1) is 0 Å². The van der Waals surface area contributed by atoms with Gasteiger partial charge >= 0.3 is 5.97 Å². The standard InChI is InChI=1S/C17H22N2O6/c1-11(20)12-5-6-14(24-4)13(7-12)8-17(23)25-10-15(21)18-9-16(22)19(2)3/h5-7H,8-10H2,1-4H3,(H,18,21). The highest BCUT2D eigenvalue weighted by Crippen LogP contribution is 2.21. The van der Waals surface area contributed by atoms with Crippen molar-refractivity contribution in [1.29, 1.82) is 0 Å². The molecule has 0 bridgehead atoms. The van der Waals surface area contributed by atoms with Crippen LogP contribution in [0.15, 0.2) is 18.2 Å². The molecule has 0 aliphatic carbocycles. The van der Waals surface area contributed by atoms with E-state index < -0.39 is 18.5 Å². The maximum absolute atomic E-state index is 11.9. The number of hydrogen-bond donors (Lipinski definition) is 1. The fourth-order valence-electron chi connectivity index (χ4n) is 1.87. The molecule has 0 saturated heterocycles. The van der Waals surface area contributed by atoms with E-state index in [2.05, 4.69) is 5.32 Å². The molecular weight excluding hydrogens is 328 g/mol. The van der Waals surface area contributed by atoms with Crippen LogP contribution in [0.3, 0.4) is 0 Å². The summed E-state index contributed by atoms with van der Waals surface area (Å²) in [6.45, 7) is 0.759. The molecule has 8 nitrogen and oxygen atoms in total. The summed E-state index contributed by atoms with van der Waals surface area (Å²) in [4.78, 5) is 47.6. The third kappa shape index (κ3) is 6.62. The molecule has 0 saturated carbocycles. The van der Waals surface area contributed by atoms with Crippen molar-refractivity contribution >= 4 is 23.6 Å². The van der Waals surface area contributed by atoms with Crippen molar-refractivity contribution in [3.05, 3.63) is 29.3 Å². The lowest BCUT2D eigenvalue weighted by Gasteiger charge is -2.12. The molecule has 25 heavy (non-hydrogen) atoms. The van der Waals surface area contributed by atoms with Gasteiger partial charge in [-0.25, -0.2) is 0 Å². The van der Waals surface area contributed by atoms with E-state index >= 15 is 0 Å². The minimum Gasteiger partial charge on any atom is -0.496 e. The first kappa shape index (κ1) is 20.1. The van der Waals surface area contributed by atoms with E-state index in [0.29, 0.717) is 16.9 Å². The lowest BCUT2D eigenvalue weighted by Crippen LogP contribution is -2.38. The van der Waals surface area contributed by atoms with Gasteiger partial charge in [0, 0.05) is 25.2 Å². The van der Waals surface area contributed by atoms with Crippen LogP contribution in [0.2, 0.25) is 0 Å². The average Bonchev–Trinajstić information content (AvgIpc) is 2.57. The zero-order chi connectivity index (χ0) is 19.0. The van der Waals surface area contributed by atoms with Gasteiger partial charge in [-0.2, -0.15) is 0 Å². The number of rotatable bonds is 8. The van der Waals surface area contributed by atoms with Crippen LogP contribution in [0.1, 0.15) is 22.8 Å². The van der Waals surface area contributed by atoms with E-state index in [9.17, 15) is 19.2 Å². The fourth-order valence-corrected chi connectivity index (χ4v) is 1.87. The van der Waals surface area contributed by atoms with Crippen LogP contribution < -0.4 is 10.1 Å². The van der Waals surface area contributed by atoms with Crippen molar-refractivity contribution in [3.63, 3.8) is 0 Å². The largest absolute Gasteiger partial charge is 0.496 e. The first-order valence-corrected chi connectivity index (χ1v) is 7.55. The van der Waals surface area contributed by atoms with Crippen LogP contribution in [0.25, 0.3) is 0 Å². The summed E-state index contributed by atoms with van der Waals surface area (Å²) in [5.41, 5.74) is 0.937. The summed E-state index contributed by atoms with van der Waals surface area (Å²) >= 11 is 0. The number of carbonyl (C=O) groups excluding carboxylic acids is 4. The zero-order valence-corrected chi connectivity index (χ0v) is 14.8. The first-order valence-electron chi connectivity index (χ1n) is 7.55. The number of benzene rings is 1. The second-order valence-electron chi connectivity index (χ2n) is 5.49. The number of likely N-dealkylation sites (N-methyl/N-ethyl adjacent to an activating group) is 1. The molecule has 0 unspecified atom stereocenters. The second kappa shape index (κ2) is 9.41. The molecular formula is C17H22N2O6. The minimum atomic E-state index is -0.645. The second-order valence-corrected chi connectivity index (χ2v) is 5.49. The van der Waals surface area contributed by atoms with Crippen LogP contribution >= 0.6 is 0 Å². The molecule has 0 aliphatic rings. The van der Waals surface area contributed by atoms with Gasteiger partial charge in [0.15, 0.2) is 12.4 Å². The summed E-state index contributed by atoms with van der Waals surface area (Å²) in [6.07, 6.45) is -0.145. The van der Waals surface area contributed by atoms with Gasteiger partial charge in [-0.15, -0.1) is 0 Å². The summed E-state index contributed by atoms with van der Waals surface area (Å²) in [7, 11) is 4.58. The zero-order valence-electron chi connectivity index (χ0n) is 14.8. The Bertz CT molecular complexity index is 669. The SMILES string of the molecule is COc1ccc(C(C)=O)cc1CC(=O)OCC(=O)NCC(=O)N(C)C. The third-order valence-corrected chi connectivity index (χ3v) is 3.32. The van der Waals surface area contributed by atoms with Gasteiger partial charge in [0.25, 0.3) is 5.91 Å². The first-order chi connectivity index (χ1) is 11.7. The Morgan fingerprint density at radius 2 is 1.84 bits per heavy atom. The number of amides is 2. The number of ether oxygens (including phenoxy) is 2.